The van der Waals surface area contributed by atoms with E-state index in [4.69, 9.17) is 12.2 Å². The van der Waals surface area contributed by atoms with Crippen molar-refractivity contribution in [2.24, 2.45) is 23.2 Å². The average molecular weight is 336 g/mol. The first-order chi connectivity index (χ1) is 11.0. The molecule has 0 saturated heterocycles. The zero-order chi connectivity index (χ0) is 16.0. The molecule has 0 aliphatic heterocycles. The van der Waals surface area contributed by atoms with Gasteiger partial charge in [0.25, 0.3) is 0 Å². The molecule has 23 heavy (non-hydrogen) atoms. The van der Waals surface area contributed by atoms with E-state index in [-0.39, 0.29) is 5.69 Å². The summed E-state index contributed by atoms with van der Waals surface area (Å²) in [5.41, 5.74) is 0.594. The minimum atomic E-state index is -0.621. The van der Waals surface area contributed by atoms with Gasteiger partial charge in [0.1, 0.15) is 11.6 Å². The fraction of sp³-hybridized carbons (Fsp3) is 0.611. The van der Waals surface area contributed by atoms with Gasteiger partial charge in [0, 0.05) is 12.6 Å². The highest BCUT2D eigenvalue weighted by molar-refractivity contribution is 7.80. The van der Waals surface area contributed by atoms with Crippen molar-refractivity contribution in [2.75, 3.05) is 11.9 Å². The van der Waals surface area contributed by atoms with Crippen LogP contribution in [0.2, 0.25) is 0 Å². The summed E-state index contributed by atoms with van der Waals surface area (Å²) in [7, 11) is 0. The van der Waals surface area contributed by atoms with Gasteiger partial charge in [-0.2, -0.15) is 0 Å². The lowest BCUT2D eigenvalue weighted by atomic mass is 9.49. The highest BCUT2D eigenvalue weighted by atomic mass is 32.1. The van der Waals surface area contributed by atoms with Gasteiger partial charge in [0.2, 0.25) is 0 Å². The van der Waals surface area contributed by atoms with Gasteiger partial charge in [-0.15, -0.1) is 0 Å². The number of hydrogen-bond donors (Lipinski definition) is 2. The molecule has 0 heterocycles. The molecule has 0 amide bonds. The zero-order valence-electron chi connectivity index (χ0n) is 13.1. The Labute approximate surface area is 141 Å². The summed E-state index contributed by atoms with van der Waals surface area (Å²) >= 11 is 5.30. The van der Waals surface area contributed by atoms with E-state index in [2.05, 4.69) is 10.6 Å². The van der Waals surface area contributed by atoms with Crippen LogP contribution in [0.5, 0.6) is 0 Å². The summed E-state index contributed by atoms with van der Waals surface area (Å²) in [6, 6.07) is 3.47. The van der Waals surface area contributed by atoms with Crippen LogP contribution in [-0.4, -0.2) is 11.7 Å². The maximum atomic E-state index is 13.7. The Hall–Kier alpha value is -1.23. The Kier molecular flexibility index (Phi) is 3.79. The van der Waals surface area contributed by atoms with Gasteiger partial charge in [-0.1, -0.05) is 0 Å². The molecule has 0 unspecified atom stereocenters. The smallest absolute Gasteiger partial charge is 0.170 e. The molecular formula is C18H22F2N2S. The van der Waals surface area contributed by atoms with Crippen LogP contribution in [0.15, 0.2) is 18.2 Å². The minimum absolute atomic E-state index is 0.217. The Morgan fingerprint density at radius 2 is 1.70 bits per heavy atom. The molecule has 1 aromatic carbocycles. The molecule has 2 N–H and O–H groups in total. The Bertz CT molecular complexity index is 596. The lowest BCUT2D eigenvalue weighted by molar-refractivity contribution is -0.0490. The first kappa shape index (κ1) is 15.3. The molecule has 0 spiro atoms. The summed E-state index contributed by atoms with van der Waals surface area (Å²) in [4.78, 5) is 0. The van der Waals surface area contributed by atoms with Gasteiger partial charge in [-0.3, -0.25) is 0 Å². The van der Waals surface area contributed by atoms with Crippen molar-refractivity contribution < 1.29 is 8.78 Å². The van der Waals surface area contributed by atoms with Crippen molar-refractivity contribution >= 4 is 23.0 Å². The van der Waals surface area contributed by atoms with E-state index in [0.29, 0.717) is 10.5 Å². The number of nitrogens with one attached hydrogen (secondary N) is 2. The van der Waals surface area contributed by atoms with Gasteiger partial charge < -0.3 is 10.6 Å². The average Bonchev–Trinajstić information content (AvgIpc) is 2.47. The van der Waals surface area contributed by atoms with Crippen LogP contribution in [-0.2, 0) is 0 Å². The SMILES string of the molecule is Fc1ccc(NC(=S)NCC23CC4CC(CC(C4)C2)C3)c(F)c1. The molecule has 0 radical (unpaired) electrons. The third kappa shape index (κ3) is 3.08. The van der Waals surface area contributed by atoms with Crippen LogP contribution in [0.3, 0.4) is 0 Å². The topological polar surface area (TPSA) is 24.1 Å². The van der Waals surface area contributed by atoms with Gasteiger partial charge in [-0.25, -0.2) is 8.78 Å². The molecule has 5 heteroatoms. The van der Waals surface area contributed by atoms with Crippen LogP contribution in [0.1, 0.15) is 38.5 Å². The molecule has 0 atom stereocenters. The molecule has 4 aliphatic rings. The molecule has 2 nitrogen and oxygen atoms in total. The van der Waals surface area contributed by atoms with E-state index >= 15 is 0 Å². The van der Waals surface area contributed by atoms with E-state index in [1.807, 2.05) is 0 Å². The zero-order valence-corrected chi connectivity index (χ0v) is 13.9. The summed E-state index contributed by atoms with van der Waals surface area (Å²) in [6.07, 6.45) is 8.17. The van der Waals surface area contributed by atoms with Gasteiger partial charge in [-0.05, 0) is 86.0 Å². The summed E-state index contributed by atoms with van der Waals surface area (Å²) in [6.45, 7) is 0.866. The molecule has 4 bridgehead atoms. The highest BCUT2D eigenvalue weighted by Crippen LogP contribution is 2.59. The third-order valence-electron chi connectivity index (χ3n) is 5.97. The van der Waals surface area contributed by atoms with Crippen molar-refractivity contribution in [1.29, 1.82) is 0 Å². The summed E-state index contributed by atoms with van der Waals surface area (Å²) in [5, 5.41) is 6.56. The first-order valence-corrected chi connectivity index (χ1v) is 8.92. The van der Waals surface area contributed by atoms with Crippen LogP contribution < -0.4 is 10.6 Å². The van der Waals surface area contributed by atoms with E-state index in [0.717, 1.165) is 30.4 Å². The fourth-order valence-corrected chi connectivity index (χ4v) is 5.71. The van der Waals surface area contributed by atoms with Crippen LogP contribution in [0.25, 0.3) is 0 Å². The number of anilines is 1. The normalized spacial score (nSPS) is 34.4. The maximum Gasteiger partial charge on any atom is 0.170 e. The lowest BCUT2D eigenvalue weighted by Crippen LogP contribution is -2.51. The number of halogens is 2. The van der Waals surface area contributed by atoms with Gasteiger partial charge in [0.15, 0.2) is 5.11 Å². The molecule has 124 valence electrons. The fourth-order valence-electron chi connectivity index (χ4n) is 5.53. The van der Waals surface area contributed by atoms with E-state index in [1.165, 1.54) is 50.7 Å². The quantitative estimate of drug-likeness (QED) is 0.797. The van der Waals surface area contributed by atoms with Gasteiger partial charge >= 0.3 is 0 Å². The van der Waals surface area contributed by atoms with Crippen molar-refractivity contribution in [3.8, 4) is 0 Å². The molecule has 4 saturated carbocycles. The highest BCUT2D eigenvalue weighted by Gasteiger charge is 2.50. The summed E-state index contributed by atoms with van der Waals surface area (Å²) < 4.78 is 26.6. The largest absolute Gasteiger partial charge is 0.362 e. The maximum absolute atomic E-state index is 13.7. The van der Waals surface area contributed by atoms with Crippen molar-refractivity contribution in [3.05, 3.63) is 29.8 Å². The predicted molar refractivity (Wildman–Crippen MR) is 91.2 cm³/mol. The molecule has 5 rings (SSSR count). The molecule has 4 aliphatic carbocycles. The van der Waals surface area contributed by atoms with Crippen molar-refractivity contribution in [2.45, 2.75) is 38.5 Å². The number of hydrogen-bond acceptors (Lipinski definition) is 1. The van der Waals surface area contributed by atoms with Crippen LogP contribution in [0, 0.1) is 34.8 Å². The monoisotopic (exact) mass is 336 g/mol. The standard InChI is InChI=1S/C18H22F2N2S/c19-14-1-2-16(15(20)6-14)22-17(23)21-10-18-7-11-3-12(8-18)5-13(4-11)9-18/h1-2,6,11-13H,3-5,7-10H2,(H2,21,22,23). The van der Waals surface area contributed by atoms with Crippen molar-refractivity contribution in [3.63, 3.8) is 0 Å². The Balaban J connectivity index is 1.36. The molecule has 1 aromatic rings. The van der Waals surface area contributed by atoms with Gasteiger partial charge in [0.05, 0.1) is 5.69 Å². The number of rotatable bonds is 3. The minimum Gasteiger partial charge on any atom is -0.362 e. The van der Waals surface area contributed by atoms with E-state index in [1.54, 1.807) is 0 Å². The number of benzene rings is 1. The lowest BCUT2D eigenvalue weighted by Gasteiger charge is -2.57. The second-order valence-electron chi connectivity index (χ2n) is 7.85. The Morgan fingerprint density at radius 1 is 1.09 bits per heavy atom. The predicted octanol–water partition coefficient (Wildman–Crippen LogP) is 4.47. The van der Waals surface area contributed by atoms with Crippen LogP contribution >= 0.6 is 12.2 Å². The molecular weight excluding hydrogens is 314 g/mol. The van der Waals surface area contributed by atoms with E-state index in [9.17, 15) is 8.78 Å². The second kappa shape index (κ2) is 5.69. The molecule has 4 fully saturated rings. The second-order valence-corrected chi connectivity index (χ2v) is 8.26. The molecule has 0 aromatic heterocycles. The Morgan fingerprint density at radius 3 is 2.26 bits per heavy atom. The van der Waals surface area contributed by atoms with Crippen molar-refractivity contribution in [1.82, 2.24) is 5.32 Å². The van der Waals surface area contributed by atoms with E-state index < -0.39 is 11.6 Å². The number of thiocarbonyl (C=S) groups is 1. The third-order valence-corrected chi connectivity index (χ3v) is 6.21. The summed E-state index contributed by atoms with van der Waals surface area (Å²) in [5.74, 6) is 1.50. The van der Waals surface area contributed by atoms with Crippen LogP contribution in [0.4, 0.5) is 14.5 Å². The first-order valence-electron chi connectivity index (χ1n) is 8.51.